The first-order valence-electron chi connectivity index (χ1n) is 8.62. The highest BCUT2D eigenvalue weighted by Crippen LogP contribution is 2.37. The number of hydrogen-bond donors (Lipinski definition) is 0. The van der Waals surface area contributed by atoms with Crippen LogP contribution >= 0.6 is 11.3 Å². The summed E-state index contributed by atoms with van der Waals surface area (Å²) in [7, 11) is 3.25. The third-order valence-corrected chi connectivity index (χ3v) is 5.61. The molecular weight excluding hydrogens is 376 g/mol. The van der Waals surface area contributed by atoms with Gasteiger partial charge in [-0.1, -0.05) is 29.5 Å². The number of aromatic nitrogens is 4. The van der Waals surface area contributed by atoms with Crippen molar-refractivity contribution in [3.63, 3.8) is 0 Å². The van der Waals surface area contributed by atoms with E-state index in [0.29, 0.717) is 22.3 Å². The van der Waals surface area contributed by atoms with Gasteiger partial charge in [-0.2, -0.15) is 9.61 Å². The molecule has 3 heterocycles. The molecule has 7 nitrogen and oxygen atoms in total. The van der Waals surface area contributed by atoms with E-state index in [1.54, 1.807) is 18.7 Å². The fraction of sp³-hybridized carbons (Fsp3) is 0.150. The van der Waals surface area contributed by atoms with Gasteiger partial charge in [-0.05, 0) is 25.1 Å². The molecule has 2 aromatic carbocycles. The van der Waals surface area contributed by atoms with E-state index in [4.69, 9.17) is 19.0 Å². The van der Waals surface area contributed by atoms with Crippen molar-refractivity contribution in [2.75, 3.05) is 14.2 Å². The van der Waals surface area contributed by atoms with Gasteiger partial charge in [0.2, 0.25) is 10.8 Å². The molecule has 0 aliphatic carbocycles. The minimum atomic E-state index is 0.582. The van der Waals surface area contributed by atoms with Crippen molar-refractivity contribution in [3.8, 4) is 33.7 Å². The van der Waals surface area contributed by atoms with Crippen LogP contribution in [0.4, 0.5) is 0 Å². The smallest absolute Gasteiger partial charge is 0.235 e. The Balaban J connectivity index is 1.66. The topological polar surface area (TPSA) is 74.7 Å². The van der Waals surface area contributed by atoms with Crippen LogP contribution in [0.2, 0.25) is 0 Å². The fourth-order valence-electron chi connectivity index (χ4n) is 3.23. The first-order valence-corrected chi connectivity index (χ1v) is 9.44. The number of rotatable bonds is 4. The molecule has 8 heteroatoms. The van der Waals surface area contributed by atoms with Crippen LogP contribution in [0.25, 0.3) is 38.1 Å². The molecule has 0 unspecified atom stereocenters. The minimum Gasteiger partial charge on any atom is -0.497 e. The van der Waals surface area contributed by atoms with Crippen LogP contribution < -0.4 is 9.47 Å². The molecule has 0 N–H and O–H groups in total. The highest BCUT2D eigenvalue weighted by atomic mass is 32.1. The Labute approximate surface area is 164 Å². The zero-order valence-corrected chi connectivity index (χ0v) is 16.3. The van der Waals surface area contributed by atoms with Gasteiger partial charge in [0.15, 0.2) is 10.8 Å². The lowest BCUT2D eigenvalue weighted by Gasteiger charge is -2.07. The average Bonchev–Trinajstić information content (AvgIpc) is 3.40. The highest BCUT2D eigenvalue weighted by molar-refractivity contribution is 7.19. The lowest BCUT2D eigenvalue weighted by Crippen LogP contribution is -1.93. The molecule has 28 heavy (non-hydrogen) atoms. The molecule has 3 aromatic heterocycles. The average molecular weight is 392 g/mol. The largest absolute Gasteiger partial charge is 0.497 e. The first-order chi connectivity index (χ1) is 13.7. The minimum absolute atomic E-state index is 0.582. The number of hydrogen-bond acceptors (Lipinski definition) is 7. The summed E-state index contributed by atoms with van der Waals surface area (Å²) in [6.45, 7) is 2.02. The Kier molecular flexibility index (Phi) is 3.80. The van der Waals surface area contributed by atoms with Gasteiger partial charge < -0.3 is 13.9 Å². The van der Waals surface area contributed by atoms with E-state index in [2.05, 4.69) is 10.2 Å². The summed E-state index contributed by atoms with van der Waals surface area (Å²) < 4.78 is 18.5. The van der Waals surface area contributed by atoms with Crippen molar-refractivity contribution >= 4 is 27.3 Å². The van der Waals surface area contributed by atoms with Crippen molar-refractivity contribution < 1.29 is 13.9 Å². The van der Waals surface area contributed by atoms with E-state index in [0.717, 1.165) is 32.9 Å². The number of aryl methyl sites for hydroxylation is 1. The van der Waals surface area contributed by atoms with Gasteiger partial charge in [-0.3, -0.25) is 0 Å². The second-order valence-electron chi connectivity index (χ2n) is 6.24. The molecule has 140 valence electrons. The molecule has 0 saturated heterocycles. The van der Waals surface area contributed by atoms with Gasteiger partial charge in [-0.15, -0.1) is 10.2 Å². The number of fused-ring (bicyclic) bond motifs is 2. The number of ether oxygens (including phenoxy) is 2. The number of benzene rings is 2. The van der Waals surface area contributed by atoms with E-state index in [1.165, 1.54) is 11.3 Å². The lowest BCUT2D eigenvalue weighted by molar-refractivity contribution is 0.395. The van der Waals surface area contributed by atoms with Crippen LogP contribution in [0.1, 0.15) is 5.56 Å². The number of furan rings is 1. The molecule has 0 atom stereocenters. The Morgan fingerprint density at radius 3 is 2.68 bits per heavy atom. The fourth-order valence-corrected chi connectivity index (χ4v) is 4.10. The molecule has 5 rings (SSSR count). The Morgan fingerprint density at radius 1 is 1.04 bits per heavy atom. The second-order valence-corrected chi connectivity index (χ2v) is 7.20. The van der Waals surface area contributed by atoms with Gasteiger partial charge in [-0.25, -0.2) is 0 Å². The Hall–Kier alpha value is -3.39. The lowest BCUT2D eigenvalue weighted by atomic mass is 10.1. The summed E-state index contributed by atoms with van der Waals surface area (Å²) in [5.41, 5.74) is 2.70. The summed E-state index contributed by atoms with van der Waals surface area (Å²) in [6.07, 6.45) is 0. The molecule has 0 aliphatic rings. The van der Waals surface area contributed by atoms with Crippen molar-refractivity contribution in [2.45, 2.75) is 6.92 Å². The molecule has 0 bridgehead atoms. The summed E-state index contributed by atoms with van der Waals surface area (Å²) in [5, 5.41) is 15.1. The van der Waals surface area contributed by atoms with Gasteiger partial charge in [0.1, 0.15) is 17.1 Å². The first kappa shape index (κ1) is 16.8. The Bertz CT molecular complexity index is 1320. The molecule has 0 aliphatic heterocycles. The molecule has 0 radical (unpaired) electrons. The van der Waals surface area contributed by atoms with E-state index in [-0.39, 0.29) is 0 Å². The molecule has 0 fully saturated rings. The molecular formula is C20H16N4O3S. The zero-order valence-electron chi connectivity index (χ0n) is 15.5. The number of methoxy groups -OCH3 is 2. The maximum absolute atomic E-state index is 6.04. The van der Waals surface area contributed by atoms with Crippen molar-refractivity contribution in [1.82, 2.24) is 19.8 Å². The van der Waals surface area contributed by atoms with Crippen LogP contribution in [0, 0.1) is 6.92 Å². The monoisotopic (exact) mass is 392 g/mol. The van der Waals surface area contributed by atoms with Crippen molar-refractivity contribution in [1.29, 1.82) is 0 Å². The van der Waals surface area contributed by atoms with Crippen LogP contribution in [-0.2, 0) is 0 Å². The molecule has 0 spiro atoms. The van der Waals surface area contributed by atoms with Crippen LogP contribution in [0.3, 0.4) is 0 Å². The predicted octanol–water partition coefficient (Wildman–Crippen LogP) is 4.59. The summed E-state index contributed by atoms with van der Waals surface area (Å²) in [5.74, 6) is 2.67. The number of nitrogens with zero attached hydrogens (tertiary/aromatic N) is 4. The summed E-state index contributed by atoms with van der Waals surface area (Å²) in [6, 6.07) is 13.6. The Morgan fingerprint density at radius 2 is 1.89 bits per heavy atom. The van der Waals surface area contributed by atoms with E-state index in [1.807, 2.05) is 49.4 Å². The maximum Gasteiger partial charge on any atom is 0.235 e. The van der Waals surface area contributed by atoms with Crippen molar-refractivity contribution in [3.05, 3.63) is 48.0 Å². The summed E-state index contributed by atoms with van der Waals surface area (Å²) in [4.78, 5) is 0.683. The zero-order chi connectivity index (χ0) is 19.3. The molecule has 0 amide bonds. The highest BCUT2D eigenvalue weighted by Gasteiger charge is 2.21. The quantitative estimate of drug-likeness (QED) is 0.445. The van der Waals surface area contributed by atoms with E-state index >= 15 is 0 Å². The van der Waals surface area contributed by atoms with Gasteiger partial charge in [0.25, 0.3) is 0 Å². The van der Waals surface area contributed by atoms with Gasteiger partial charge in [0, 0.05) is 17.0 Å². The van der Waals surface area contributed by atoms with Gasteiger partial charge in [0.05, 0.1) is 19.8 Å². The predicted molar refractivity (Wildman–Crippen MR) is 107 cm³/mol. The normalized spacial score (nSPS) is 11.4. The third-order valence-electron chi connectivity index (χ3n) is 4.68. The van der Waals surface area contributed by atoms with E-state index < -0.39 is 0 Å². The SMILES string of the molecule is COc1ccc(-c2nn3c(-c4oc5ccccc5c4C)nnc3s2)c(OC)c1. The van der Waals surface area contributed by atoms with Crippen molar-refractivity contribution in [2.24, 2.45) is 0 Å². The van der Waals surface area contributed by atoms with E-state index in [9.17, 15) is 0 Å². The van der Waals surface area contributed by atoms with Crippen LogP contribution in [0.5, 0.6) is 11.5 Å². The standard InChI is InChI=1S/C20H16N4O3S/c1-11-13-6-4-5-7-15(13)27-17(11)18-21-22-20-24(18)23-19(28-20)14-9-8-12(25-2)10-16(14)26-3/h4-10H,1-3H3. The number of para-hydroxylation sites is 1. The van der Waals surface area contributed by atoms with Gasteiger partial charge >= 0.3 is 0 Å². The van der Waals surface area contributed by atoms with Crippen LogP contribution in [-0.4, -0.2) is 34.0 Å². The molecule has 5 aromatic rings. The van der Waals surface area contributed by atoms with Crippen LogP contribution in [0.15, 0.2) is 46.9 Å². The maximum atomic E-state index is 6.04. The summed E-state index contributed by atoms with van der Waals surface area (Å²) >= 11 is 1.44. The third kappa shape index (κ3) is 2.45. The molecule has 0 saturated carbocycles. The second kappa shape index (κ2) is 6.35.